The first-order valence-corrected chi connectivity index (χ1v) is 4.43. The van der Waals surface area contributed by atoms with Crippen molar-refractivity contribution >= 4 is 5.65 Å². The van der Waals surface area contributed by atoms with Gasteiger partial charge in [-0.2, -0.15) is 0 Å². The first-order chi connectivity index (χ1) is 7.34. The van der Waals surface area contributed by atoms with Crippen LogP contribution in [0.15, 0.2) is 41.1 Å². The van der Waals surface area contributed by atoms with E-state index in [9.17, 15) is 5.11 Å². The predicted octanol–water partition coefficient (Wildman–Crippen LogP) is 1.69. The molecule has 0 atom stereocenters. The molecule has 3 aromatic rings. The number of aromatic hydroxyl groups is 1. The van der Waals surface area contributed by atoms with E-state index in [0.29, 0.717) is 17.2 Å². The molecule has 0 amide bonds. The van der Waals surface area contributed by atoms with E-state index >= 15 is 0 Å². The first-order valence-electron chi connectivity index (χ1n) is 4.43. The fourth-order valence-corrected chi connectivity index (χ4v) is 1.40. The largest absolute Gasteiger partial charge is 0.504 e. The van der Waals surface area contributed by atoms with Gasteiger partial charge in [0.05, 0.1) is 6.26 Å². The Hall–Kier alpha value is -2.30. The second-order valence-electron chi connectivity index (χ2n) is 3.07. The summed E-state index contributed by atoms with van der Waals surface area (Å²) in [6.45, 7) is 0. The third-order valence-electron chi connectivity index (χ3n) is 2.08. The molecule has 1 N–H and O–H groups in total. The van der Waals surface area contributed by atoms with Crippen LogP contribution in [0.4, 0.5) is 0 Å². The summed E-state index contributed by atoms with van der Waals surface area (Å²) in [5.41, 5.74) is 0.420. The van der Waals surface area contributed by atoms with Gasteiger partial charge in [0.15, 0.2) is 17.2 Å². The molecule has 5 heteroatoms. The maximum atomic E-state index is 9.53. The highest BCUT2D eigenvalue weighted by Gasteiger charge is 2.10. The molecule has 0 saturated heterocycles. The minimum absolute atomic E-state index is 0.0998. The zero-order valence-electron chi connectivity index (χ0n) is 7.66. The van der Waals surface area contributed by atoms with Crippen molar-refractivity contribution in [2.45, 2.75) is 0 Å². The van der Waals surface area contributed by atoms with Crippen molar-refractivity contribution in [3.63, 3.8) is 0 Å². The number of furan rings is 1. The van der Waals surface area contributed by atoms with Crippen molar-refractivity contribution in [2.24, 2.45) is 0 Å². The van der Waals surface area contributed by atoms with Crippen LogP contribution < -0.4 is 0 Å². The third-order valence-corrected chi connectivity index (χ3v) is 2.08. The second kappa shape index (κ2) is 2.84. The van der Waals surface area contributed by atoms with Gasteiger partial charge in [-0.05, 0) is 24.3 Å². The van der Waals surface area contributed by atoms with E-state index in [4.69, 9.17) is 4.42 Å². The van der Waals surface area contributed by atoms with Crippen LogP contribution in [-0.2, 0) is 0 Å². The molecule has 0 aromatic carbocycles. The maximum Gasteiger partial charge on any atom is 0.218 e. The molecule has 0 aliphatic rings. The average Bonchev–Trinajstić information content (AvgIpc) is 2.86. The van der Waals surface area contributed by atoms with Crippen molar-refractivity contribution in [3.8, 4) is 17.3 Å². The highest BCUT2D eigenvalue weighted by atomic mass is 16.3. The monoisotopic (exact) mass is 201 g/mol. The Balaban J connectivity index is 2.27. The lowest BCUT2D eigenvalue weighted by molar-refractivity contribution is 0.477. The van der Waals surface area contributed by atoms with E-state index < -0.39 is 0 Å². The lowest BCUT2D eigenvalue weighted by Crippen LogP contribution is -1.85. The van der Waals surface area contributed by atoms with Crippen molar-refractivity contribution in [1.82, 2.24) is 14.6 Å². The SMILES string of the molecule is Oc1cccn2nc(-c3ccco3)nc12. The normalized spacial score (nSPS) is 10.9. The van der Waals surface area contributed by atoms with Crippen molar-refractivity contribution in [2.75, 3.05) is 0 Å². The molecule has 0 aliphatic carbocycles. The average molecular weight is 201 g/mol. The molecule has 0 aliphatic heterocycles. The van der Waals surface area contributed by atoms with Gasteiger partial charge >= 0.3 is 0 Å². The Morgan fingerprint density at radius 3 is 2.93 bits per heavy atom. The number of pyridine rings is 1. The summed E-state index contributed by atoms with van der Waals surface area (Å²) in [7, 11) is 0. The standard InChI is InChI=1S/C10H7N3O2/c14-7-3-1-5-13-10(7)11-9(12-13)8-4-2-6-15-8/h1-6,14H. The molecule has 0 saturated carbocycles. The Bertz CT molecular complexity index is 598. The van der Waals surface area contributed by atoms with Crippen LogP contribution in [-0.4, -0.2) is 19.7 Å². The molecule has 3 heterocycles. The van der Waals surface area contributed by atoms with Crippen LogP contribution in [0.3, 0.4) is 0 Å². The highest BCUT2D eigenvalue weighted by Crippen LogP contribution is 2.20. The fourth-order valence-electron chi connectivity index (χ4n) is 1.40. The molecule has 0 radical (unpaired) electrons. The predicted molar refractivity (Wildman–Crippen MR) is 52.4 cm³/mol. The summed E-state index contributed by atoms with van der Waals surface area (Å²) in [5.74, 6) is 1.14. The first kappa shape index (κ1) is 8.05. The van der Waals surface area contributed by atoms with Gasteiger partial charge in [0.2, 0.25) is 5.82 Å². The van der Waals surface area contributed by atoms with Crippen LogP contribution in [0.5, 0.6) is 5.75 Å². The summed E-state index contributed by atoms with van der Waals surface area (Å²) in [4.78, 5) is 4.16. The zero-order chi connectivity index (χ0) is 10.3. The van der Waals surface area contributed by atoms with E-state index in [2.05, 4.69) is 10.1 Å². The van der Waals surface area contributed by atoms with Crippen molar-refractivity contribution in [3.05, 3.63) is 36.7 Å². The van der Waals surface area contributed by atoms with E-state index in [1.165, 1.54) is 4.52 Å². The molecule has 3 aromatic heterocycles. The minimum atomic E-state index is 0.0998. The number of rotatable bonds is 1. The van der Waals surface area contributed by atoms with Crippen LogP contribution >= 0.6 is 0 Å². The van der Waals surface area contributed by atoms with E-state index in [1.807, 2.05) is 0 Å². The minimum Gasteiger partial charge on any atom is -0.504 e. The third kappa shape index (κ3) is 1.17. The van der Waals surface area contributed by atoms with Crippen molar-refractivity contribution in [1.29, 1.82) is 0 Å². The summed E-state index contributed by atoms with van der Waals surface area (Å²) >= 11 is 0. The fraction of sp³-hybridized carbons (Fsp3) is 0. The van der Waals surface area contributed by atoms with Crippen molar-refractivity contribution < 1.29 is 9.52 Å². The number of fused-ring (bicyclic) bond motifs is 1. The summed E-state index contributed by atoms with van der Waals surface area (Å²) < 4.78 is 6.68. The summed E-state index contributed by atoms with van der Waals surface area (Å²) in [5, 5.41) is 13.7. The van der Waals surface area contributed by atoms with Gasteiger partial charge in [0.25, 0.3) is 0 Å². The quantitative estimate of drug-likeness (QED) is 0.650. The molecular formula is C10H7N3O2. The lowest BCUT2D eigenvalue weighted by atomic mass is 10.4. The summed E-state index contributed by atoms with van der Waals surface area (Å²) in [6, 6.07) is 6.80. The second-order valence-corrected chi connectivity index (χ2v) is 3.07. The number of hydrogen-bond donors (Lipinski definition) is 1. The van der Waals surface area contributed by atoms with Crippen LogP contribution in [0.1, 0.15) is 0 Å². The van der Waals surface area contributed by atoms with Gasteiger partial charge in [0, 0.05) is 6.20 Å². The van der Waals surface area contributed by atoms with Gasteiger partial charge in [-0.1, -0.05) is 0 Å². The number of nitrogens with zero attached hydrogens (tertiary/aromatic N) is 3. The highest BCUT2D eigenvalue weighted by molar-refractivity contribution is 5.58. The molecule has 0 spiro atoms. The molecule has 0 fully saturated rings. The molecule has 0 bridgehead atoms. The molecule has 5 nitrogen and oxygen atoms in total. The van der Waals surface area contributed by atoms with E-state index in [0.717, 1.165) is 0 Å². The Kier molecular flexibility index (Phi) is 1.53. The van der Waals surface area contributed by atoms with E-state index in [-0.39, 0.29) is 5.75 Å². The Morgan fingerprint density at radius 2 is 2.20 bits per heavy atom. The van der Waals surface area contributed by atoms with Gasteiger partial charge in [0.1, 0.15) is 0 Å². The molecule has 74 valence electrons. The van der Waals surface area contributed by atoms with Gasteiger partial charge in [-0.3, -0.25) is 0 Å². The lowest BCUT2D eigenvalue weighted by Gasteiger charge is -1.91. The number of hydrogen-bond acceptors (Lipinski definition) is 4. The van der Waals surface area contributed by atoms with Crippen LogP contribution in [0, 0.1) is 0 Å². The summed E-state index contributed by atoms with van der Waals surface area (Å²) in [6.07, 6.45) is 3.27. The molecule has 15 heavy (non-hydrogen) atoms. The number of aromatic nitrogens is 3. The maximum absolute atomic E-state index is 9.53. The van der Waals surface area contributed by atoms with Gasteiger partial charge in [-0.25, -0.2) is 9.50 Å². The van der Waals surface area contributed by atoms with Gasteiger partial charge < -0.3 is 9.52 Å². The van der Waals surface area contributed by atoms with Crippen LogP contribution in [0.2, 0.25) is 0 Å². The van der Waals surface area contributed by atoms with E-state index in [1.54, 1.807) is 36.7 Å². The van der Waals surface area contributed by atoms with Gasteiger partial charge in [-0.15, -0.1) is 5.10 Å². The Labute approximate surface area is 84.6 Å². The topological polar surface area (TPSA) is 63.6 Å². The Morgan fingerprint density at radius 1 is 1.27 bits per heavy atom. The molecule has 3 rings (SSSR count). The smallest absolute Gasteiger partial charge is 0.218 e. The van der Waals surface area contributed by atoms with Crippen LogP contribution in [0.25, 0.3) is 17.2 Å². The molecular weight excluding hydrogens is 194 g/mol. The zero-order valence-corrected chi connectivity index (χ0v) is 7.66. The molecule has 0 unspecified atom stereocenters.